The number of unbranched alkanes of at least 4 members (excludes halogenated alkanes) is 22. The summed E-state index contributed by atoms with van der Waals surface area (Å²) in [6.45, 7) is 5.81. The zero-order chi connectivity index (χ0) is 50.9. The minimum absolute atomic E-state index is 0.212. The first kappa shape index (κ1) is 56.5. The molecule has 0 aliphatic heterocycles. The van der Waals surface area contributed by atoms with Crippen LogP contribution in [-0.4, -0.2) is 37.0 Å². The van der Waals surface area contributed by atoms with Crippen LogP contribution in [0.5, 0.6) is 28.7 Å². The van der Waals surface area contributed by atoms with Crippen LogP contribution in [0, 0.1) is 0 Å². The van der Waals surface area contributed by atoms with E-state index in [4.69, 9.17) is 23.7 Å². The normalized spacial score (nSPS) is 10.9. The number of hydrogen-bond acceptors (Lipinski definition) is 9. The summed E-state index contributed by atoms with van der Waals surface area (Å²) in [4.78, 5) is 51.9. The molecule has 10 heteroatoms. The van der Waals surface area contributed by atoms with E-state index in [2.05, 4.69) is 19.2 Å². The lowest BCUT2D eigenvalue weighted by Gasteiger charge is -2.10. The molecule has 1 amide bonds. The summed E-state index contributed by atoms with van der Waals surface area (Å²) in [7, 11) is 0. The monoisotopic (exact) mass is 982 g/mol. The number of amides is 1. The molecular formula is C62H79NO9. The third-order valence-electron chi connectivity index (χ3n) is 12.6. The summed E-state index contributed by atoms with van der Waals surface area (Å²) in [6.07, 6.45) is 31.0. The van der Waals surface area contributed by atoms with Crippen LogP contribution >= 0.6 is 0 Å². The average molecular weight is 982 g/mol. The third kappa shape index (κ3) is 22.3. The van der Waals surface area contributed by atoms with Gasteiger partial charge in [0.25, 0.3) is 5.91 Å². The van der Waals surface area contributed by atoms with Crippen molar-refractivity contribution in [1.29, 1.82) is 0 Å². The zero-order valence-corrected chi connectivity index (χ0v) is 43.1. The fraction of sp³-hybridized carbons (Fsp3) is 0.452. The summed E-state index contributed by atoms with van der Waals surface area (Å²) >= 11 is 0. The fourth-order valence-corrected chi connectivity index (χ4v) is 8.31. The van der Waals surface area contributed by atoms with Gasteiger partial charge in [0, 0.05) is 17.3 Å². The number of nitrogens with one attached hydrogen (secondary N) is 1. The van der Waals surface area contributed by atoms with Gasteiger partial charge in [-0.1, -0.05) is 161 Å². The van der Waals surface area contributed by atoms with Gasteiger partial charge in [0.2, 0.25) is 0 Å². The van der Waals surface area contributed by atoms with Crippen molar-refractivity contribution >= 4 is 29.5 Å². The summed E-state index contributed by atoms with van der Waals surface area (Å²) in [5.74, 6) is 0.186. The average Bonchev–Trinajstić information content (AvgIpc) is 3.40. The van der Waals surface area contributed by atoms with Crippen LogP contribution in [0.15, 0.2) is 121 Å². The standard InChI is InChI=1S/C62H79NO9/c1-3-5-7-9-11-13-15-17-19-21-23-25-46-68-54-38-36-52(37-39-54)61(66)70-56-40-34-49(35-41-56)59(64)63-53-28-27-29-58(48-53)72-62(67)51-32-30-50(31-33-51)60(65)71-57-44-42-55(43-45-57)69-47-26-24-22-20-18-16-14-12-10-8-6-4-2/h27-45,48H,3-26,46-47H2,1-2H3,(H,63,64). The second kappa shape index (κ2) is 34.0. The van der Waals surface area contributed by atoms with E-state index < -0.39 is 23.8 Å². The summed E-state index contributed by atoms with van der Waals surface area (Å²) in [5, 5.41) is 2.80. The molecule has 0 radical (unpaired) electrons. The van der Waals surface area contributed by atoms with Crippen LogP contribution in [0.3, 0.4) is 0 Å². The van der Waals surface area contributed by atoms with E-state index in [1.165, 1.54) is 159 Å². The quantitative estimate of drug-likeness (QED) is 0.0237. The number of hydrogen-bond donors (Lipinski definition) is 1. The number of rotatable bonds is 36. The number of esters is 3. The van der Waals surface area contributed by atoms with Gasteiger partial charge in [-0.3, -0.25) is 4.79 Å². The maximum atomic E-state index is 13.1. The van der Waals surface area contributed by atoms with E-state index in [1.54, 1.807) is 91.0 Å². The fourth-order valence-electron chi connectivity index (χ4n) is 8.31. The van der Waals surface area contributed by atoms with Crippen molar-refractivity contribution in [3.8, 4) is 28.7 Å². The van der Waals surface area contributed by atoms with Crippen LogP contribution < -0.4 is 29.0 Å². The molecule has 386 valence electrons. The Morgan fingerprint density at radius 3 is 1.04 bits per heavy atom. The van der Waals surface area contributed by atoms with E-state index in [0.29, 0.717) is 47.3 Å². The Balaban J connectivity index is 0.948. The van der Waals surface area contributed by atoms with E-state index in [9.17, 15) is 19.2 Å². The SMILES string of the molecule is CCCCCCCCCCCCCCOc1ccc(OC(=O)c2ccc(C(=O)Oc3cccc(NC(=O)c4ccc(OC(=O)c5ccc(OCCCCCCCCCCCCCC)cc5)cc4)c3)cc2)cc1. The summed E-state index contributed by atoms with van der Waals surface area (Å²) in [5.41, 5.74) is 1.61. The van der Waals surface area contributed by atoms with Gasteiger partial charge in [-0.25, -0.2) is 14.4 Å². The van der Waals surface area contributed by atoms with Gasteiger partial charge in [0.15, 0.2) is 0 Å². The van der Waals surface area contributed by atoms with Gasteiger partial charge in [-0.2, -0.15) is 0 Å². The highest BCUT2D eigenvalue weighted by molar-refractivity contribution is 6.04. The molecule has 0 atom stereocenters. The molecule has 5 aromatic carbocycles. The molecule has 0 fully saturated rings. The Morgan fingerprint density at radius 2 is 0.639 bits per heavy atom. The Hall–Kier alpha value is -6.42. The van der Waals surface area contributed by atoms with Crippen molar-refractivity contribution < 1.29 is 42.9 Å². The highest BCUT2D eigenvalue weighted by atomic mass is 16.5. The Morgan fingerprint density at radius 1 is 0.333 bits per heavy atom. The Kier molecular flexibility index (Phi) is 26.7. The van der Waals surface area contributed by atoms with Crippen molar-refractivity contribution in [3.63, 3.8) is 0 Å². The van der Waals surface area contributed by atoms with Crippen LogP contribution in [0.1, 0.15) is 209 Å². The van der Waals surface area contributed by atoms with E-state index >= 15 is 0 Å². The van der Waals surface area contributed by atoms with Gasteiger partial charge in [0.05, 0.1) is 29.9 Å². The molecule has 5 aromatic rings. The van der Waals surface area contributed by atoms with Gasteiger partial charge < -0.3 is 29.0 Å². The molecule has 10 nitrogen and oxygen atoms in total. The number of benzene rings is 5. The minimum Gasteiger partial charge on any atom is -0.494 e. The first-order valence-electron chi connectivity index (χ1n) is 27.0. The molecule has 0 saturated heterocycles. The molecule has 72 heavy (non-hydrogen) atoms. The number of anilines is 1. The third-order valence-corrected chi connectivity index (χ3v) is 12.6. The molecule has 0 aliphatic carbocycles. The van der Waals surface area contributed by atoms with Crippen molar-refractivity contribution in [2.45, 2.75) is 168 Å². The first-order chi connectivity index (χ1) is 35.3. The predicted molar refractivity (Wildman–Crippen MR) is 288 cm³/mol. The molecule has 0 unspecified atom stereocenters. The smallest absolute Gasteiger partial charge is 0.343 e. The first-order valence-corrected chi connectivity index (χ1v) is 27.0. The van der Waals surface area contributed by atoms with Gasteiger partial charge in [-0.05, 0) is 122 Å². The lowest BCUT2D eigenvalue weighted by molar-refractivity contribution is 0.0720. The highest BCUT2D eigenvalue weighted by Gasteiger charge is 2.15. The van der Waals surface area contributed by atoms with Crippen molar-refractivity contribution in [1.82, 2.24) is 0 Å². The van der Waals surface area contributed by atoms with Gasteiger partial charge >= 0.3 is 17.9 Å². The molecule has 0 aliphatic rings. The lowest BCUT2D eigenvalue weighted by atomic mass is 10.1. The molecular weight excluding hydrogens is 903 g/mol. The van der Waals surface area contributed by atoms with Crippen molar-refractivity contribution in [2.75, 3.05) is 18.5 Å². The van der Waals surface area contributed by atoms with Crippen LogP contribution in [-0.2, 0) is 0 Å². The van der Waals surface area contributed by atoms with E-state index in [1.807, 2.05) is 0 Å². The molecule has 0 spiro atoms. The minimum atomic E-state index is -0.642. The van der Waals surface area contributed by atoms with E-state index in [0.717, 1.165) is 31.4 Å². The maximum Gasteiger partial charge on any atom is 0.343 e. The molecule has 0 heterocycles. The Labute approximate surface area is 429 Å². The number of carbonyl (C=O) groups excluding carboxylic acids is 4. The van der Waals surface area contributed by atoms with Crippen LogP contribution in [0.2, 0.25) is 0 Å². The summed E-state index contributed by atoms with van der Waals surface area (Å²) < 4.78 is 28.5. The lowest BCUT2D eigenvalue weighted by Crippen LogP contribution is -2.13. The van der Waals surface area contributed by atoms with Crippen LogP contribution in [0.25, 0.3) is 0 Å². The number of carbonyl (C=O) groups is 4. The largest absolute Gasteiger partial charge is 0.494 e. The second-order valence-corrected chi connectivity index (χ2v) is 18.7. The Bertz CT molecular complexity index is 2310. The highest BCUT2D eigenvalue weighted by Crippen LogP contribution is 2.24. The second-order valence-electron chi connectivity index (χ2n) is 18.7. The van der Waals surface area contributed by atoms with E-state index in [-0.39, 0.29) is 16.9 Å². The van der Waals surface area contributed by atoms with Gasteiger partial charge in [-0.15, -0.1) is 0 Å². The predicted octanol–water partition coefficient (Wildman–Crippen LogP) is 16.8. The molecule has 0 aromatic heterocycles. The number of ether oxygens (including phenoxy) is 5. The molecule has 0 saturated carbocycles. The molecule has 1 N–H and O–H groups in total. The summed E-state index contributed by atoms with van der Waals surface area (Å²) in [6, 6.07) is 32.5. The molecule has 0 bridgehead atoms. The molecule has 5 rings (SSSR count). The van der Waals surface area contributed by atoms with Gasteiger partial charge in [0.1, 0.15) is 28.7 Å². The van der Waals surface area contributed by atoms with Crippen molar-refractivity contribution in [2.24, 2.45) is 0 Å². The zero-order valence-electron chi connectivity index (χ0n) is 43.1. The van der Waals surface area contributed by atoms with Crippen molar-refractivity contribution in [3.05, 3.63) is 144 Å². The van der Waals surface area contributed by atoms with Crippen LogP contribution in [0.4, 0.5) is 5.69 Å². The maximum absolute atomic E-state index is 13.1. The topological polar surface area (TPSA) is 126 Å².